The first kappa shape index (κ1) is 13.5. The summed E-state index contributed by atoms with van der Waals surface area (Å²) < 4.78 is 7.19. The van der Waals surface area contributed by atoms with E-state index >= 15 is 0 Å². The van der Waals surface area contributed by atoms with Crippen LogP contribution in [0.5, 0.6) is 0 Å². The van der Waals surface area contributed by atoms with E-state index in [1.54, 1.807) is 0 Å². The average Bonchev–Trinajstić information content (AvgIpc) is 2.81. The Morgan fingerprint density at radius 3 is 2.89 bits per heavy atom. The van der Waals surface area contributed by atoms with Crippen molar-refractivity contribution in [2.45, 2.75) is 12.8 Å². The molecule has 0 saturated carbocycles. The molecule has 0 bridgehead atoms. The van der Waals surface area contributed by atoms with Crippen LogP contribution in [-0.4, -0.2) is 60.6 Å². The number of hydrogen-bond acceptors (Lipinski definition) is 4. The predicted molar refractivity (Wildman–Crippen MR) is 71.7 cm³/mol. The van der Waals surface area contributed by atoms with Gasteiger partial charge in [0.15, 0.2) is 0 Å². The fraction of sp³-hybridized carbons (Fsp3) is 0.769. The van der Waals surface area contributed by atoms with Crippen LogP contribution in [0.2, 0.25) is 0 Å². The van der Waals surface area contributed by atoms with Crippen molar-refractivity contribution in [1.29, 1.82) is 0 Å². The zero-order chi connectivity index (χ0) is 12.6. The van der Waals surface area contributed by atoms with E-state index in [2.05, 4.69) is 21.5 Å². The lowest BCUT2D eigenvalue weighted by Gasteiger charge is -2.26. The molecule has 0 unspecified atom stereocenters. The van der Waals surface area contributed by atoms with Crippen molar-refractivity contribution in [3.63, 3.8) is 0 Å². The standard InChI is InChI=1S/C13H24N4O/c1-16-12-13(11-15-16)3-5-14-4-2-6-17-7-9-18-10-8-17/h11-12,14H,2-10H2,1H3. The molecule has 2 rings (SSSR count). The highest BCUT2D eigenvalue weighted by molar-refractivity contribution is 5.03. The van der Waals surface area contributed by atoms with Crippen LogP contribution >= 0.6 is 0 Å². The Balaban J connectivity index is 1.46. The predicted octanol–water partition coefficient (Wildman–Crippen LogP) is 0.275. The summed E-state index contributed by atoms with van der Waals surface area (Å²) in [6.07, 6.45) is 6.29. The second-order valence-electron chi connectivity index (χ2n) is 4.83. The molecule has 0 atom stereocenters. The number of nitrogens with zero attached hydrogens (tertiary/aromatic N) is 3. The van der Waals surface area contributed by atoms with Crippen LogP contribution < -0.4 is 5.32 Å². The summed E-state index contributed by atoms with van der Waals surface area (Å²) in [6.45, 7) is 7.30. The molecule has 1 fully saturated rings. The summed E-state index contributed by atoms with van der Waals surface area (Å²) in [5, 5.41) is 7.65. The number of aromatic nitrogens is 2. The topological polar surface area (TPSA) is 42.3 Å². The highest BCUT2D eigenvalue weighted by Crippen LogP contribution is 1.98. The van der Waals surface area contributed by atoms with Crippen LogP contribution in [0.25, 0.3) is 0 Å². The Kier molecular flexibility index (Phi) is 5.64. The van der Waals surface area contributed by atoms with Crippen molar-refractivity contribution in [2.75, 3.05) is 45.9 Å². The molecule has 5 nitrogen and oxygen atoms in total. The van der Waals surface area contributed by atoms with E-state index in [1.165, 1.54) is 18.5 Å². The van der Waals surface area contributed by atoms with E-state index in [0.29, 0.717) is 0 Å². The number of morpholine rings is 1. The molecule has 1 aromatic heterocycles. The van der Waals surface area contributed by atoms with Gasteiger partial charge in [-0.15, -0.1) is 0 Å². The first-order valence-electron chi connectivity index (χ1n) is 6.83. The van der Waals surface area contributed by atoms with Gasteiger partial charge in [-0.2, -0.15) is 5.10 Å². The van der Waals surface area contributed by atoms with Gasteiger partial charge in [0, 0.05) is 26.3 Å². The van der Waals surface area contributed by atoms with Gasteiger partial charge in [-0.1, -0.05) is 0 Å². The van der Waals surface area contributed by atoms with Crippen molar-refractivity contribution in [1.82, 2.24) is 20.0 Å². The summed E-state index contributed by atoms with van der Waals surface area (Å²) in [5.74, 6) is 0. The van der Waals surface area contributed by atoms with Gasteiger partial charge in [0.2, 0.25) is 0 Å². The molecule has 1 saturated heterocycles. The molecule has 2 heterocycles. The van der Waals surface area contributed by atoms with Crippen LogP contribution in [0.4, 0.5) is 0 Å². The molecule has 0 aliphatic carbocycles. The molecule has 1 N–H and O–H groups in total. The molecule has 0 spiro atoms. The Hall–Kier alpha value is -0.910. The van der Waals surface area contributed by atoms with Gasteiger partial charge in [0.1, 0.15) is 0 Å². The van der Waals surface area contributed by atoms with Crippen molar-refractivity contribution in [3.05, 3.63) is 18.0 Å². The zero-order valence-electron chi connectivity index (χ0n) is 11.3. The Bertz CT molecular complexity index is 333. The summed E-state index contributed by atoms with van der Waals surface area (Å²) >= 11 is 0. The Labute approximate surface area is 109 Å². The van der Waals surface area contributed by atoms with Crippen LogP contribution in [-0.2, 0) is 18.2 Å². The molecule has 0 aromatic carbocycles. The number of hydrogen-bond donors (Lipinski definition) is 1. The second-order valence-corrected chi connectivity index (χ2v) is 4.83. The number of rotatable bonds is 7. The van der Waals surface area contributed by atoms with Crippen LogP contribution in [0.1, 0.15) is 12.0 Å². The lowest BCUT2D eigenvalue weighted by atomic mass is 10.2. The third-order valence-corrected chi connectivity index (χ3v) is 3.28. The van der Waals surface area contributed by atoms with E-state index < -0.39 is 0 Å². The van der Waals surface area contributed by atoms with E-state index in [-0.39, 0.29) is 0 Å². The largest absolute Gasteiger partial charge is 0.379 e. The SMILES string of the molecule is Cn1cc(CCNCCCN2CCOCC2)cn1. The van der Waals surface area contributed by atoms with Gasteiger partial charge in [-0.3, -0.25) is 9.58 Å². The third-order valence-electron chi connectivity index (χ3n) is 3.28. The van der Waals surface area contributed by atoms with E-state index in [9.17, 15) is 0 Å². The van der Waals surface area contributed by atoms with Crippen LogP contribution in [0.3, 0.4) is 0 Å². The number of nitrogens with one attached hydrogen (secondary N) is 1. The molecule has 1 aliphatic rings. The van der Waals surface area contributed by atoms with Gasteiger partial charge >= 0.3 is 0 Å². The third kappa shape index (κ3) is 4.76. The lowest BCUT2D eigenvalue weighted by Crippen LogP contribution is -2.37. The minimum atomic E-state index is 0.897. The highest BCUT2D eigenvalue weighted by atomic mass is 16.5. The van der Waals surface area contributed by atoms with E-state index in [0.717, 1.165) is 45.8 Å². The van der Waals surface area contributed by atoms with Crippen molar-refractivity contribution >= 4 is 0 Å². The van der Waals surface area contributed by atoms with Crippen molar-refractivity contribution in [3.8, 4) is 0 Å². The molecule has 102 valence electrons. The molecular weight excluding hydrogens is 228 g/mol. The van der Waals surface area contributed by atoms with Crippen molar-refractivity contribution < 1.29 is 4.74 Å². The minimum Gasteiger partial charge on any atom is -0.379 e. The molecule has 1 aliphatic heterocycles. The Morgan fingerprint density at radius 2 is 2.17 bits per heavy atom. The smallest absolute Gasteiger partial charge is 0.0594 e. The number of ether oxygens (including phenoxy) is 1. The number of aryl methyl sites for hydroxylation is 1. The zero-order valence-corrected chi connectivity index (χ0v) is 11.3. The average molecular weight is 252 g/mol. The molecule has 18 heavy (non-hydrogen) atoms. The van der Waals surface area contributed by atoms with Gasteiger partial charge in [0.25, 0.3) is 0 Å². The van der Waals surface area contributed by atoms with Crippen molar-refractivity contribution in [2.24, 2.45) is 7.05 Å². The summed E-state index contributed by atoms with van der Waals surface area (Å²) in [6, 6.07) is 0. The normalized spacial score (nSPS) is 17.2. The van der Waals surface area contributed by atoms with Gasteiger partial charge < -0.3 is 10.1 Å². The maximum Gasteiger partial charge on any atom is 0.0594 e. The summed E-state index contributed by atoms with van der Waals surface area (Å²) in [5.41, 5.74) is 1.30. The highest BCUT2D eigenvalue weighted by Gasteiger charge is 2.08. The van der Waals surface area contributed by atoms with Crippen LogP contribution in [0.15, 0.2) is 12.4 Å². The molecule has 5 heteroatoms. The summed E-state index contributed by atoms with van der Waals surface area (Å²) in [7, 11) is 1.96. The first-order valence-corrected chi connectivity index (χ1v) is 6.83. The van der Waals surface area contributed by atoms with E-state index in [4.69, 9.17) is 4.74 Å². The first-order chi connectivity index (χ1) is 8.84. The molecule has 1 aromatic rings. The van der Waals surface area contributed by atoms with Crippen LogP contribution in [0, 0.1) is 0 Å². The Morgan fingerprint density at radius 1 is 1.33 bits per heavy atom. The maximum atomic E-state index is 5.33. The fourth-order valence-corrected chi connectivity index (χ4v) is 2.21. The second kappa shape index (κ2) is 7.51. The minimum absolute atomic E-state index is 0.897. The summed E-state index contributed by atoms with van der Waals surface area (Å²) in [4.78, 5) is 2.48. The molecule has 0 radical (unpaired) electrons. The fourth-order valence-electron chi connectivity index (χ4n) is 2.21. The molecular formula is C13H24N4O. The van der Waals surface area contributed by atoms with Gasteiger partial charge in [0.05, 0.1) is 19.4 Å². The monoisotopic (exact) mass is 252 g/mol. The van der Waals surface area contributed by atoms with Gasteiger partial charge in [-0.25, -0.2) is 0 Å². The lowest BCUT2D eigenvalue weighted by molar-refractivity contribution is 0.0375. The maximum absolute atomic E-state index is 5.33. The quantitative estimate of drug-likeness (QED) is 0.708. The van der Waals surface area contributed by atoms with E-state index in [1.807, 2.05) is 17.9 Å². The molecule has 0 amide bonds. The van der Waals surface area contributed by atoms with Gasteiger partial charge in [-0.05, 0) is 38.0 Å².